The molecule has 1 heterocycles. The van der Waals surface area contributed by atoms with Crippen LogP contribution in [0.4, 0.5) is 13.2 Å². The molecule has 0 aliphatic carbocycles. The predicted octanol–water partition coefficient (Wildman–Crippen LogP) is 6.89. The van der Waals surface area contributed by atoms with Crippen LogP contribution in [0.25, 0.3) is 0 Å². The summed E-state index contributed by atoms with van der Waals surface area (Å²) in [4.78, 5) is 11.3. The third-order valence-corrected chi connectivity index (χ3v) is 20.4. The summed E-state index contributed by atoms with van der Waals surface area (Å²) in [7, 11) is 0. The fourth-order valence-electron chi connectivity index (χ4n) is 3.67. The normalized spacial score (nSPS) is 18.4. The molecule has 158 valence electrons. The average Bonchev–Trinajstić information content (AvgIpc) is 2.86. The molecule has 0 N–H and O–H groups in total. The Labute approximate surface area is 165 Å². The number of carbonyl (C=O) groups excluding carboxylic acids is 1. The maximum absolute atomic E-state index is 12.6. The van der Waals surface area contributed by atoms with E-state index in [1.807, 2.05) is 0 Å². The van der Waals surface area contributed by atoms with Gasteiger partial charge in [0.25, 0.3) is 0 Å². The summed E-state index contributed by atoms with van der Waals surface area (Å²) in [6.07, 6.45) is 4.56. The predicted molar refractivity (Wildman–Crippen MR) is 104 cm³/mol. The van der Waals surface area contributed by atoms with E-state index in [1.54, 1.807) is 0 Å². The topological polar surface area (TPSA) is 35.5 Å². The van der Waals surface area contributed by atoms with Crippen LogP contribution in [0.1, 0.15) is 78.6 Å². The molecule has 0 aromatic heterocycles. The van der Waals surface area contributed by atoms with Crippen molar-refractivity contribution in [3.63, 3.8) is 0 Å². The number of carbonyl (C=O) groups is 1. The number of rotatable bonds is 11. The van der Waals surface area contributed by atoms with Crippen LogP contribution in [-0.2, 0) is 14.3 Å². The standard InChI is InChI=1S/C8H8F3O3.3C4H9.Sn/c9-8(10,11)7(12)14-6-4-2-1-3-5-13-6;3*1-3-4-2;/h3,6H,1-2,4H2;3*1,3-4H2,2H3;. The molecule has 0 amide bonds. The number of hydrogen-bond donors (Lipinski definition) is 0. The zero-order valence-corrected chi connectivity index (χ0v) is 19.9. The van der Waals surface area contributed by atoms with Gasteiger partial charge in [-0.2, -0.15) is 0 Å². The molecular formula is C20H35F3O3Sn. The van der Waals surface area contributed by atoms with E-state index in [9.17, 15) is 18.0 Å². The van der Waals surface area contributed by atoms with E-state index in [2.05, 4.69) is 31.6 Å². The van der Waals surface area contributed by atoms with Crippen LogP contribution in [-0.4, -0.2) is 36.8 Å². The number of halogens is 3. The average molecular weight is 499 g/mol. The van der Waals surface area contributed by atoms with Crippen molar-refractivity contribution in [3.8, 4) is 0 Å². The van der Waals surface area contributed by atoms with Crippen molar-refractivity contribution >= 4 is 24.3 Å². The number of unbranched alkanes of at least 4 members (excludes halogenated alkanes) is 3. The number of hydrogen-bond acceptors (Lipinski definition) is 3. The Kier molecular flexibility index (Phi) is 11.2. The molecule has 0 aromatic rings. The molecule has 7 heteroatoms. The summed E-state index contributed by atoms with van der Waals surface area (Å²) in [6, 6.07) is 0. The second kappa shape index (κ2) is 12.2. The Bertz CT molecular complexity index is 456. The van der Waals surface area contributed by atoms with Gasteiger partial charge in [0.1, 0.15) is 0 Å². The molecule has 0 saturated heterocycles. The number of ether oxygens (including phenoxy) is 2. The minimum atomic E-state index is -4.98. The fraction of sp³-hybridized carbons (Fsp3) is 0.850. The Hall–Kier alpha value is -0.401. The SMILES string of the molecule is CCC[CH2][Sn]([CH2]CCC)([CH2]CCC)[C]1=CCCCC(OC(=O)C(F)(F)F)O1. The Morgan fingerprint density at radius 1 is 1.11 bits per heavy atom. The summed E-state index contributed by atoms with van der Waals surface area (Å²) in [5.41, 5.74) is 0. The first-order valence-corrected chi connectivity index (χ1v) is 17.9. The first-order valence-electron chi connectivity index (χ1n) is 10.4. The van der Waals surface area contributed by atoms with Crippen molar-refractivity contribution in [1.29, 1.82) is 0 Å². The molecule has 0 radical (unpaired) electrons. The Balaban J connectivity index is 3.04. The third kappa shape index (κ3) is 8.24. The Morgan fingerprint density at radius 2 is 1.63 bits per heavy atom. The molecule has 1 atom stereocenters. The quantitative estimate of drug-likeness (QED) is 0.230. The molecule has 1 rings (SSSR count). The number of alkyl halides is 3. The van der Waals surface area contributed by atoms with Crippen LogP contribution in [0.5, 0.6) is 0 Å². The van der Waals surface area contributed by atoms with Gasteiger partial charge in [-0.1, -0.05) is 0 Å². The molecule has 0 saturated carbocycles. The van der Waals surface area contributed by atoms with Crippen molar-refractivity contribution in [2.24, 2.45) is 0 Å². The van der Waals surface area contributed by atoms with Crippen LogP contribution in [0, 0.1) is 0 Å². The molecule has 0 fully saturated rings. The van der Waals surface area contributed by atoms with E-state index in [4.69, 9.17) is 4.74 Å². The van der Waals surface area contributed by atoms with Crippen molar-refractivity contribution in [2.45, 2.75) is 104 Å². The molecule has 1 unspecified atom stereocenters. The van der Waals surface area contributed by atoms with E-state index in [0.717, 1.165) is 62.0 Å². The summed E-state index contributed by atoms with van der Waals surface area (Å²) >= 11 is -2.88. The van der Waals surface area contributed by atoms with Gasteiger partial charge in [-0.3, -0.25) is 0 Å². The zero-order valence-electron chi connectivity index (χ0n) is 17.0. The molecule has 1 aliphatic heterocycles. The van der Waals surface area contributed by atoms with Crippen molar-refractivity contribution in [1.82, 2.24) is 0 Å². The van der Waals surface area contributed by atoms with Gasteiger partial charge in [-0.15, -0.1) is 0 Å². The number of allylic oxidation sites excluding steroid dienone is 1. The summed E-state index contributed by atoms with van der Waals surface area (Å²) < 4.78 is 53.0. The van der Waals surface area contributed by atoms with E-state index < -0.39 is 36.8 Å². The van der Waals surface area contributed by atoms with Gasteiger partial charge >= 0.3 is 166 Å². The van der Waals surface area contributed by atoms with Crippen molar-refractivity contribution in [2.75, 3.05) is 0 Å². The van der Waals surface area contributed by atoms with Gasteiger partial charge in [-0.25, -0.2) is 0 Å². The molecule has 0 aromatic carbocycles. The first-order chi connectivity index (χ1) is 12.8. The van der Waals surface area contributed by atoms with Gasteiger partial charge in [0.2, 0.25) is 0 Å². The van der Waals surface area contributed by atoms with Crippen LogP contribution in [0.2, 0.25) is 13.3 Å². The van der Waals surface area contributed by atoms with Gasteiger partial charge in [0, 0.05) is 0 Å². The second-order valence-electron chi connectivity index (χ2n) is 7.54. The number of esters is 1. The molecule has 27 heavy (non-hydrogen) atoms. The van der Waals surface area contributed by atoms with Gasteiger partial charge < -0.3 is 0 Å². The van der Waals surface area contributed by atoms with Crippen LogP contribution < -0.4 is 0 Å². The zero-order chi connectivity index (χ0) is 20.3. The summed E-state index contributed by atoms with van der Waals surface area (Å²) in [5, 5.41) is 0. The molecule has 0 bridgehead atoms. The van der Waals surface area contributed by atoms with E-state index in [-0.39, 0.29) is 0 Å². The van der Waals surface area contributed by atoms with Crippen LogP contribution in [0.3, 0.4) is 0 Å². The van der Waals surface area contributed by atoms with E-state index in [1.165, 1.54) is 0 Å². The summed E-state index contributed by atoms with van der Waals surface area (Å²) in [5.74, 6) is -2.15. The fourth-order valence-corrected chi connectivity index (χ4v) is 19.5. The van der Waals surface area contributed by atoms with Crippen molar-refractivity contribution < 1.29 is 27.4 Å². The van der Waals surface area contributed by atoms with Gasteiger partial charge in [0.15, 0.2) is 0 Å². The molecular weight excluding hydrogens is 464 g/mol. The maximum atomic E-state index is 12.6. The molecule has 0 spiro atoms. The van der Waals surface area contributed by atoms with Crippen LogP contribution >= 0.6 is 0 Å². The van der Waals surface area contributed by atoms with E-state index in [0.29, 0.717) is 12.8 Å². The monoisotopic (exact) mass is 500 g/mol. The van der Waals surface area contributed by atoms with Gasteiger partial charge in [-0.05, 0) is 0 Å². The second-order valence-corrected chi connectivity index (χ2v) is 20.5. The first kappa shape index (κ1) is 24.6. The van der Waals surface area contributed by atoms with Crippen LogP contribution in [0.15, 0.2) is 9.85 Å². The molecule has 3 nitrogen and oxygen atoms in total. The van der Waals surface area contributed by atoms with Gasteiger partial charge in [0.05, 0.1) is 0 Å². The molecule has 1 aliphatic rings. The van der Waals surface area contributed by atoms with Crippen molar-refractivity contribution in [3.05, 3.63) is 9.85 Å². The third-order valence-electron chi connectivity index (χ3n) is 5.25. The Morgan fingerprint density at radius 3 is 2.07 bits per heavy atom. The van der Waals surface area contributed by atoms with E-state index >= 15 is 0 Å². The minimum absolute atomic E-state index is 0.319. The summed E-state index contributed by atoms with van der Waals surface area (Å²) in [6.45, 7) is 6.52.